The maximum atomic E-state index is 6.30. The van der Waals surface area contributed by atoms with Gasteiger partial charge in [-0.05, 0) is 42.0 Å². The van der Waals surface area contributed by atoms with Crippen LogP contribution in [0.1, 0.15) is 17.2 Å². The molecule has 3 N–H and O–H groups in total. The largest absolute Gasteiger partial charge is 0.454 e. The van der Waals surface area contributed by atoms with E-state index in [-0.39, 0.29) is 6.79 Å². The normalized spacial score (nSPS) is 13.4. The number of hydrogen-bond donors (Lipinski definition) is 2. The molecular weight excluding hydrogens is 401 g/mol. The number of nitrogens with two attached hydrogens (primary N) is 1. The average molecular weight is 416 g/mol. The first-order chi connectivity index (χ1) is 13.6. The zero-order valence-corrected chi connectivity index (χ0v) is 16.0. The van der Waals surface area contributed by atoms with Crippen LogP contribution >= 0.6 is 23.2 Å². The van der Waals surface area contributed by atoms with Gasteiger partial charge in [0.15, 0.2) is 17.3 Å². The quantitative estimate of drug-likeness (QED) is 0.481. The molecule has 1 aromatic heterocycles. The summed E-state index contributed by atoms with van der Waals surface area (Å²) in [5.74, 6) is 2.77. The number of benzene rings is 2. The number of aliphatic imine (C=N–C) groups is 1. The van der Waals surface area contributed by atoms with E-state index < -0.39 is 0 Å². The summed E-state index contributed by atoms with van der Waals surface area (Å²) in [7, 11) is 0. The Kier molecular flexibility index (Phi) is 5.18. The van der Waals surface area contributed by atoms with E-state index >= 15 is 0 Å². The number of aromatic amines is 1. The maximum Gasteiger partial charge on any atom is 0.231 e. The van der Waals surface area contributed by atoms with Gasteiger partial charge in [0.05, 0.1) is 5.69 Å². The van der Waals surface area contributed by atoms with Crippen molar-refractivity contribution >= 4 is 40.8 Å². The summed E-state index contributed by atoms with van der Waals surface area (Å²) in [5.41, 5.74) is 7.45. The van der Waals surface area contributed by atoms with E-state index in [1.54, 1.807) is 36.4 Å². The molecule has 0 atom stereocenters. The van der Waals surface area contributed by atoms with Crippen molar-refractivity contribution in [1.82, 2.24) is 15.2 Å². The Balaban J connectivity index is 1.45. The van der Waals surface area contributed by atoms with Crippen molar-refractivity contribution in [3.8, 4) is 11.5 Å². The Bertz CT molecular complexity index is 1080. The van der Waals surface area contributed by atoms with Crippen LogP contribution in [0.15, 0.2) is 47.5 Å². The van der Waals surface area contributed by atoms with Crippen molar-refractivity contribution in [1.29, 1.82) is 0 Å². The summed E-state index contributed by atoms with van der Waals surface area (Å²) in [6.07, 6.45) is 3.77. The summed E-state index contributed by atoms with van der Waals surface area (Å²) in [6.45, 7) is 0.199. The van der Waals surface area contributed by atoms with Crippen LogP contribution < -0.4 is 15.2 Å². The number of halogens is 2. The van der Waals surface area contributed by atoms with Crippen LogP contribution in [0.3, 0.4) is 0 Å². The van der Waals surface area contributed by atoms with Gasteiger partial charge in [0.25, 0.3) is 0 Å². The maximum absolute atomic E-state index is 6.30. The number of hydrogen-bond acceptors (Lipinski definition) is 5. The summed E-state index contributed by atoms with van der Waals surface area (Å²) < 4.78 is 10.7. The lowest BCUT2D eigenvalue weighted by Crippen LogP contribution is -2.06. The van der Waals surface area contributed by atoms with Crippen molar-refractivity contribution in [2.75, 3.05) is 6.79 Å². The van der Waals surface area contributed by atoms with Crippen LogP contribution in [0.4, 0.5) is 5.69 Å². The highest BCUT2D eigenvalue weighted by Crippen LogP contribution is 2.37. The molecule has 0 unspecified atom stereocenters. The molecule has 1 aliphatic heterocycles. The van der Waals surface area contributed by atoms with Gasteiger partial charge < -0.3 is 15.2 Å². The molecule has 0 fully saturated rings. The van der Waals surface area contributed by atoms with Crippen molar-refractivity contribution < 1.29 is 9.47 Å². The average Bonchev–Trinajstić information content (AvgIpc) is 3.29. The molecule has 9 heteroatoms. The zero-order valence-electron chi connectivity index (χ0n) is 14.5. The molecule has 3 aromatic rings. The fraction of sp³-hybridized carbons (Fsp3) is 0.105. The molecule has 0 saturated carbocycles. The summed E-state index contributed by atoms with van der Waals surface area (Å²) in [5, 5.41) is 8.22. The van der Waals surface area contributed by atoms with Crippen molar-refractivity contribution in [3.05, 3.63) is 69.7 Å². The van der Waals surface area contributed by atoms with E-state index in [2.05, 4.69) is 20.2 Å². The third-order valence-corrected chi connectivity index (χ3v) is 4.51. The molecule has 7 nitrogen and oxygen atoms in total. The minimum atomic E-state index is 0.199. The number of aromatic nitrogens is 3. The van der Waals surface area contributed by atoms with E-state index in [1.807, 2.05) is 12.1 Å². The smallest absolute Gasteiger partial charge is 0.231 e. The van der Waals surface area contributed by atoms with Crippen LogP contribution in [0.5, 0.6) is 11.5 Å². The fourth-order valence-corrected chi connectivity index (χ4v) is 3.04. The van der Waals surface area contributed by atoms with Crippen LogP contribution in [0.25, 0.3) is 6.08 Å². The molecule has 0 radical (unpaired) electrons. The second-order valence-corrected chi connectivity index (χ2v) is 6.81. The Hall–Kier alpha value is -3.03. The molecule has 4 rings (SSSR count). The first-order valence-electron chi connectivity index (χ1n) is 8.34. The van der Waals surface area contributed by atoms with Gasteiger partial charge >= 0.3 is 0 Å². The first-order valence-corrected chi connectivity index (χ1v) is 9.09. The van der Waals surface area contributed by atoms with Crippen molar-refractivity contribution in [3.63, 3.8) is 0 Å². The molecule has 1 aliphatic rings. The van der Waals surface area contributed by atoms with Crippen molar-refractivity contribution in [2.24, 2.45) is 10.7 Å². The van der Waals surface area contributed by atoms with E-state index in [0.717, 1.165) is 5.56 Å². The standard InChI is InChI=1S/C19H15Cl2N5O2/c20-12-2-1-3-13(8-12)23-17(22)4-5-18-24-19(26-25-18)7-11-6-15-16(9-14(11)21)28-10-27-15/h1-6,8-9H,7,10H2,(H2,22,23)(H,24,25,26)/b5-4-. The first kappa shape index (κ1) is 18.3. The Morgan fingerprint density at radius 2 is 2.04 bits per heavy atom. The summed E-state index contributed by atoms with van der Waals surface area (Å²) in [4.78, 5) is 8.69. The fourth-order valence-electron chi connectivity index (χ4n) is 2.63. The molecule has 2 heterocycles. The second-order valence-electron chi connectivity index (χ2n) is 5.96. The molecule has 28 heavy (non-hydrogen) atoms. The lowest BCUT2D eigenvalue weighted by molar-refractivity contribution is 0.174. The number of H-pyrrole nitrogens is 1. The molecular formula is C19H15Cl2N5O2. The van der Waals surface area contributed by atoms with Gasteiger partial charge in [-0.25, -0.2) is 9.98 Å². The Morgan fingerprint density at radius 3 is 2.86 bits per heavy atom. The number of amidine groups is 1. The number of nitrogens with zero attached hydrogens (tertiary/aromatic N) is 3. The molecule has 0 spiro atoms. The highest BCUT2D eigenvalue weighted by atomic mass is 35.5. The lowest BCUT2D eigenvalue weighted by atomic mass is 10.1. The van der Waals surface area contributed by atoms with E-state index in [1.165, 1.54) is 0 Å². The third-order valence-electron chi connectivity index (χ3n) is 3.92. The van der Waals surface area contributed by atoms with Gasteiger partial charge in [0.2, 0.25) is 6.79 Å². The highest BCUT2D eigenvalue weighted by Gasteiger charge is 2.17. The van der Waals surface area contributed by atoms with E-state index in [0.29, 0.717) is 51.1 Å². The monoisotopic (exact) mass is 415 g/mol. The summed E-state index contributed by atoms with van der Waals surface area (Å²) in [6, 6.07) is 10.7. The Morgan fingerprint density at radius 1 is 1.21 bits per heavy atom. The Labute approximate surface area is 170 Å². The van der Waals surface area contributed by atoms with Crippen LogP contribution in [-0.2, 0) is 6.42 Å². The minimum Gasteiger partial charge on any atom is -0.454 e. The van der Waals surface area contributed by atoms with E-state index in [9.17, 15) is 0 Å². The molecule has 0 amide bonds. The number of nitrogens with one attached hydrogen (secondary N) is 1. The summed E-state index contributed by atoms with van der Waals surface area (Å²) >= 11 is 12.2. The molecule has 0 bridgehead atoms. The number of rotatable bonds is 5. The van der Waals surface area contributed by atoms with Crippen molar-refractivity contribution in [2.45, 2.75) is 6.42 Å². The molecule has 142 valence electrons. The second kappa shape index (κ2) is 7.92. The SMILES string of the molecule is NC(/C=C\c1n[nH]c(Cc2cc3c(cc2Cl)OCO3)n1)=Nc1cccc(Cl)c1. The van der Waals surface area contributed by atoms with E-state index in [4.69, 9.17) is 38.4 Å². The predicted octanol–water partition coefficient (Wildman–Crippen LogP) is 4.13. The molecule has 0 aliphatic carbocycles. The molecule has 2 aromatic carbocycles. The minimum absolute atomic E-state index is 0.199. The highest BCUT2D eigenvalue weighted by molar-refractivity contribution is 6.31. The number of ether oxygens (including phenoxy) is 2. The lowest BCUT2D eigenvalue weighted by Gasteiger charge is -2.04. The predicted molar refractivity (Wildman–Crippen MR) is 109 cm³/mol. The van der Waals surface area contributed by atoms with Crippen LogP contribution in [0, 0.1) is 0 Å². The van der Waals surface area contributed by atoms with Crippen LogP contribution in [0.2, 0.25) is 10.0 Å². The van der Waals surface area contributed by atoms with Gasteiger partial charge in [-0.1, -0.05) is 29.3 Å². The topological polar surface area (TPSA) is 98.4 Å². The van der Waals surface area contributed by atoms with Gasteiger partial charge in [-0.3, -0.25) is 5.10 Å². The van der Waals surface area contributed by atoms with Gasteiger partial charge in [-0.2, -0.15) is 5.10 Å². The van der Waals surface area contributed by atoms with Gasteiger partial charge in [0, 0.05) is 22.5 Å². The zero-order chi connectivity index (χ0) is 19.5. The number of fused-ring (bicyclic) bond motifs is 1. The van der Waals surface area contributed by atoms with Gasteiger partial charge in [-0.15, -0.1) is 0 Å². The van der Waals surface area contributed by atoms with Crippen LogP contribution in [-0.4, -0.2) is 27.8 Å². The van der Waals surface area contributed by atoms with Gasteiger partial charge in [0.1, 0.15) is 11.7 Å². The third kappa shape index (κ3) is 4.27. The molecule has 0 saturated heterocycles.